The molecule has 0 saturated heterocycles. The molecule has 0 aliphatic carbocycles. The van der Waals surface area contributed by atoms with Crippen molar-refractivity contribution in [2.24, 2.45) is 0 Å². The lowest BCUT2D eigenvalue weighted by Gasteiger charge is -2.21. The van der Waals surface area contributed by atoms with Crippen LogP contribution in [-0.2, 0) is 5.88 Å². The van der Waals surface area contributed by atoms with Gasteiger partial charge in [0.2, 0.25) is 0 Å². The molecule has 0 fully saturated rings. The first-order valence-electron chi connectivity index (χ1n) is 4.87. The van der Waals surface area contributed by atoms with E-state index >= 15 is 0 Å². The molecule has 0 spiro atoms. The second-order valence-electron chi connectivity index (χ2n) is 3.28. The average Bonchev–Trinajstić information content (AvgIpc) is 2.26. The molecular formula is C11H15Cl2NO. The highest BCUT2D eigenvalue weighted by Gasteiger charge is 2.11. The summed E-state index contributed by atoms with van der Waals surface area (Å²) >= 11 is 11.5. The fraction of sp³-hybridized carbons (Fsp3) is 0.455. The number of alkyl halides is 1. The van der Waals surface area contributed by atoms with Gasteiger partial charge in [-0.25, -0.2) is 0 Å². The highest BCUT2D eigenvalue weighted by molar-refractivity contribution is 6.17. The molecule has 0 aliphatic heterocycles. The fourth-order valence-electron chi connectivity index (χ4n) is 1.22. The Morgan fingerprint density at radius 1 is 1.33 bits per heavy atom. The maximum absolute atomic E-state index is 5.84. The van der Waals surface area contributed by atoms with Crippen LogP contribution < -0.4 is 4.74 Å². The minimum absolute atomic E-state index is 0.103. The lowest BCUT2D eigenvalue weighted by molar-refractivity contribution is 0.102. The van der Waals surface area contributed by atoms with E-state index in [9.17, 15) is 0 Å². The van der Waals surface area contributed by atoms with Gasteiger partial charge in [-0.05, 0) is 35.9 Å². The van der Waals surface area contributed by atoms with Gasteiger partial charge in [0.15, 0.2) is 6.23 Å². The standard InChI is InChI=1S/C11H15Cl2NO/c1-3-11(14(2)13)15-10-6-4-9(8-12)5-7-10/h4-7,11H,3,8H2,1-2H3. The largest absolute Gasteiger partial charge is 0.474 e. The van der Waals surface area contributed by atoms with E-state index in [1.165, 1.54) is 4.42 Å². The van der Waals surface area contributed by atoms with E-state index < -0.39 is 0 Å². The van der Waals surface area contributed by atoms with Crippen molar-refractivity contribution in [2.75, 3.05) is 7.05 Å². The Morgan fingerprint density at radius 3 is 2.33 bits per heavy atom. The van der Waals surface area contributed by atoms with Crippen LogP contribution in [0.4, 0.5) is 0 Å². The van der Waals surface area contributed by atoms with Crippen LogP contribution in [0.15, 0.2) is 24.3 Å². The Labute approximate surface area is 101 Å². The molecule has 1 aromatic carbocycles. The number of hydrogen-bond donors (Lipinski definition) is 0. The number of benzene rings is 1. The monoisotopic (exact) mass is 247 g/mol. The highest BCUT2D eigenvalue weighted by Crippen LogP contribution is 2.17. The Kier molecular flexibility index (Phi) is 5.23. The number of ether oxygens (including phenoxy) is 1. The lowest BCUT2D eigenvalue weighted by Crippen LogP contribution is -2.28. The van der Waals surface area contributed by atoms with Crippen molar-refractivity contribution in [3.63, 3.8) is 0 Å². The Bertz CT molecular complexity index is 287. The Morgan fingerprint density at radius 2 is 1.93 bits per heavy atom. The molecule has 84 valence electrons. The summed E-state index contributed by atoms with van der Waals surface area (Å²) in [5, 5.41) is 0. The zero-order valence-electron chi connectivity index (χ0n) is 8.91. The first kappa shape index (κ1) is 12.6. The molecule has 0 amide bonds. The van der Waals surface area contributed by atoms with Crippen LogP contribution >= 0.6 is 23.4 Å². The molecule has 0 aromatic heterocycles. The quantitative estimate of drug-likeness (QED) is 0.448. The summed E-state index contributed by atoms with van der Waals surface area (Å²) in [6, 6.07) is 7.70. The van der Waals surface area contributed by atoms with Crippen molar-refractivity contribution >= 4 is 23.4 Å². The van der Waals surface area contributed by atoms with Gasteiger partial charge >= 0.3 is 0 Å². The van der Waals surface area contributed by atoms with Gasteiger partial charge in [0.25, 0.3) is 0 Å². The van der Waals surface area contributed by atoms with Gasteiger partial charge in [-0.3, -0.25) is 0 Å². The molecule has 2 nitrogen and oxygen atoms in total. The lowest BCUT2D eigenvalue weighted by atomic mass is 10.2. The van der Waals surface area contributed by atoms with Crippen molar-refractivity contribution in [3.8, 4) is 5.75 Å². The highest BCUT2D eigenvalue weighted by atomic mass is 35.5. The van der Waals surface area contributed by atoms with E-state index in [0.717, 1.165) is 17.7 Å². The maximum Gasteiger partial charge on any atom is 0.165 e. The number of hydrogen-bond acceptors (Lipinski definition) is 2. The van der Waals surface area contributed by atoms with Crippen molar-refractivity contribution in [1.29, 1.82) is 0 Å². The first-order chi connectivity index (χ1) is 7.17. The molecule has 0 heterocycles. The summed E-state index contributed by atoms with van der Waals surface area (Å²) in [6.07, 6.45) is 0.727. The van der Waals surface area contributed by atoms with Crippen molar-refractivity contribution < 1.29 is 4.74 Å². The minimum Gasteiger partial charge on any atom is -0.474 e. The van der Waals surface area contributed by atoms with E-state index in [1.807, 2.05) is 31.2 Å². The van der Waals surface area contributed by atoms with Crippen molar-refractivity contribution in [2.45, 2.75) is 25.5 Å². The van der Waals surface area contributed by atoms with Gasteiger partial charge in [0.05, 0.1) is 0 Å². The van der Waals surface area contributed by atoms with E-state index in [4.69, 9.17) is 28.1 Å². The Balaban J connectivity index is 2.63. The Hall–Kier alpha value is -0.440. The molecule has 15 heavy (non-hydrogen) atoms. The second-order valence-corrected chi connectivity index (χ2v) is 4.08. The smallest absolute Gasteiger partial charge is 0.165 e. The SMILES string of the molecule is CCC(Oc1ccc(CCl)cc1)N(C)Cl. The van der Waals surface area contributed by atoms with Crippen LogP contribution in [0.25, 0.3) is 0 Å². The minimum atomic E-state index is -0.103. The van der Waals surface area contributed by atoms with Crippen LogP contribution in [0.5, 0.6) is 5.75 Å². The topological polar surface area (TPSA) is 12.5 Å². The van der Waals surface area contributed by atoms with Gasteiger partial charge in [0, 0.05) is 12.9 Å². The third-order valence-electron chi connectivity index (χ3n) is 2.10. The summed E-state index contributed by atoms with van der Waals surface area (Å²) in [5.41, 5.74) is 1.08. The second kappa shape index (κ2) is 6.21. The molecule has 1 rings (SSSR count). The van der Waals surface area contributed by atoms with Gasteiger partial charge < -0.3 is 4.74 Å². The van der Waals surface area contributed by atoms with Crippen LogP contribution in [0.3, 0.4) is 0 Å². The van der Waals surface area contributed by atoms with Gasteiger partial charge in [-0.2, -0.15) is 4.42 Å². The molecular weight excluding hydrogens is 233 g/mol. The third kappa shape index (κ3) is 3.90. The number of nitrogens with zero attached hydrogens (tertiary/aromatic N) is 1. The zero-order chi connectivity index (χ0) is 11.3. The van der Waals surface area contributed by atoms with Crippen LogP contribution in [0.2, 0.25) is 0 Å². The predicted molar refractivity (Wildman–Crippen MR) is 64.3 cm³/mol. The molecule has 1 unspecified atom stereocenters. The van der Waals surface area contributed by atoms with Crippen molar-refractivity contribution in [3.05, 3.63) is 29.8 Å². The van der Waals surface area contributed by atoms with Gasteiger partial charge in [0.1, 0.15) is 5.75 Å². The molecule has 1 aromatic rings. The fourth-order valence-corrected chi connectivity index (χ4v) is 1.58. The zero-order valence-corrected chi connectivity index (χ0v) is 10.4. The molecule has 4 heteroatoms. The normalized spacial score (nSPS) is 12.9. The van der Waals surface area contributed by atoms with E-state index in [-0.39, 0.29) is 6.23 Å². The van der Waals surface area contributed by atoms with Crippen LogP contribution in [0.1, 0.15) is 18.9 Å². The molecule has 0 aliphatic rings. The summed E-state index contributed by atoms with van der Waals surface area (Å²) in [4.78, 5) is 0. The van der Waals surface area contributed by atoms with Gasteiger partial charge in [-0.15, -0.1) is 11.6 Å². The molecule has 0 N–H and O–H groups in total. The average molecular weight is 248 g/mol. The van der Waals surface area contributed by atoms with E-state index in [2.05, 4.69) is 0 Å². The molecule has 0 radical (unpaired) electrons. The maximum atomic E-state index is 5.84. The predicted octanol–water partition coefficient (Wildman–Crippen LogP) is 3.63. The third-order valence-corrected chi connectivity index (χ3v) is 2.62. The van der Waals surface area contributed by atoms with E-state index in [0.29, 0.717) is 5.88 Å². The number of halogens is 2. The summed E-state index contributed by atoms with van der Waals surface area (Å²) < 4.78 is 7.21. The summed E-state index contributed by atoms with van der Waals surface area (Å²) in [5.74, 6) is 1.33. The van der Waals surface area contributed by atoms with Crippen LogP contribution in [0, 0.1) is 0 Å². The number of rotatable bonds is 5. The van der Waals surface area contributed by atoms with Crippen molar-refractivity contribution in [1.82, 2.24) is 4.42 Å². The van der Waals surface area contributed by atoms with Crippen LogP contribution in [-0.4, -0.2) is 17.7 Å². The van der Waals surface area contributed by atoms with E-state index in [1.54, 1.807) is 7.05 Å². The summed E-state index contributed by atoms with van der Waals surface area (Å²) in [6.45, 7) is 2.02. The molecule has 0 saturated carbocycles. The molecule has 0 bridgehead atoms. The summed E-state index contributed by atoms with van der Waals surface area (Å²) in [7, 11) is 1.78. The molecule has 1 atom stereocenters. The first-order valence-corrected chi connectivity index (χ1v) is 5.74. The van der Waals surface area contributed by atoms with Gasteiger partial charge in [-0.1, -0.05) is 19.1 Å².